The number of carbonyl (C=O) groups is 1. The lowest BCUT2D eigenvalue weighted by molar-refractivity contribution is 0.0955. The van der Waals surface area contributed by atoms with Crippen LogP contribution < -0.4 is 5.32 Å². The highest BCUT2D eigenvalue weighted by molar-refractivity contribution is 7.88. The average molecular weight is 417 g/mol. The Morgan fingerprint density at radius 1 is 1.31 bits per heavy atom. The van der Waals surface area contributed by atoms with Crippen LogP contribution in [0.1, 0.15) is 40.8 Å². The molecule has 2 N–H and O–H groups in total. The third-order valence-electron chi connectivity index (χ3n) is 5.23. The smallest absolute Gasteiger partial charge is 0.253 e. The minimum Gasteiger partial charge on any atom is -0.360 e. The molecule has 3 heterocycles. The monoisotopic (exact) mass is 417 g/mol. The van der Waals surface area contributed by atoms with E-state index in [-0.39, 0.29) is 11.8 Å². The Morgan fingerprint density at radius 3 is 2.83 bits per heavy atom. The second-order valence-electron chi connectivity index (χ2n) is 7.24. The van der Waals surface area contributed by atoms with Gasteiger partial charge in [-0.1, -0.05) is 23.4 Å². The molecule has 1 aromatic carbocycles. The third kappa shape index (κ3) is 4.33. The van der Waals surface area contributed by atoms with Crippen LogP contribution in [-0.4, -0.2) is 59.6 Å². The fraction of sp³-hybridized carbons (Fsp3) is 0.421. The molecule has 29 heavy (non-hydrogen) atoms. The summed E-state index contributed by atoms with van der Waals surface area (Å²) in [5, 5.41) is 7.80. The summed E-state index contributed by atoms with van der Waals surface area (Å²) in [5.41, 5.74) is 1.52. The number of fused-ring (bicyclic) bond motifs is 1. The summed E-state index contributed by atoms with van der Waals surface area (Å²) in [6.07, 6.45) is 4.70. The van der Waals surface area contributed by atoms with Gasteiger partial charge in [-0.25, -0.2) is 12.7 Å². The van der Waals surface area contributed by atoms with Gasteiger partial charge in [-0.15, -0.1) is 0 Å². The van der Waals surface area contributed by atoms with Gasteiger partial charge in [0.25, 0.3) is 5.91 Å². The van der Waals surface area contributed by atoms with Gasteiger partial charge in [0.1, 0.15) is 0 Å². The standard InChI is InChI=1S/C19H23N5O4S/c1-29(26,27)24-10-7-13(8-11-24)18-22-17(28-23-18)6-9-20-19(25)15-12-21-16-5-3-2-4-14(15)16/h2-5,12-13,21H,6-11H2,1H3,(H,20,25). The number of nitrogens with one attached hydrogen (secondary N) is 2. The van der Waals surface area contributed by atoms with Crippen LogP contribution in [0, 0.1) is 0 Å². The van der Waals surface area contributed by atoms with Crippen molar-refractivity contribution in [1.29, 1.82) is 0 Å². The first-order valence-electron chi connectivity index (χ1n) is 9.54. The topological polar surface area (TPSA) is 121 Å². The largest absolute Gasteiger partial charge is 0.360 e. The first-order valence-corrected chi connectivity index (χ1v) is 11.4. The lowest BCUT2D eigenvalue weighted by Gasteiger charge is -2.28. The van der Waals surface area contributed by atoms with E-state index in [2.05, 4.69) is 20.4 Å². The number of nitrogens with zero attached hydrogens (tertiary/aromatic N) is 3. The van der Waals surface area contributed by atoms with Crippen LogP contribution >= 0.6 is 0 Å². The highest BCUT2D eigenvalue weighted by Gasteiger charge is 2.28. The molecule has 0 unspecified atom stereocenters. The minimum atomic E-state index is -3.15. The van der Waals surface area contributed by atoms with Gasteiger partial charge in [0.05, 0.1) is 11.8 Å². The Balaban J connectivity index is 1.29. The number of amides is 1. The second-order valence-corrected chi connectivity index (χ2v) is 9.22. The van der Waals surface area contributed by atoms with Gasteiger partial charge in [-0.05, 0) is 18.9 Å². The summed E-state index contributed by atoms with van der Waals surface area (Å²) in [7, 11) is -3.15. The molecule has 1 aliphatic heterocycles. The zero-order chi connectivity index (χ0) is 20.4. The third-order valence-corrected chi connectivity index (χ3v) is 6.53. The van der Waals surface area contributed by atoms with Crippen molar-refractivity contribution in [2.45, 2.75) is 25.2 Å². The summed E-state index contributed by atoms with van der Waals surface area (Å²) in [4.78, 5) is 19.9. The van der Waals surface area contributed by atoms with Crippen molar-refractivity contribution in [2.75, 3.05) is 25.9 Å². The number of carbonyl (C=O) groups excluding carboxylic acids is 1. The number of benzene rings is 1. The molecule has 0 atom stereocenters. The molecule has 0 aliphatic carbocycles. The van der Waals surface area contributed by atoms with Gasteiger partial charge < -0.3 is 14.8 Å². The summed E-state index contributed by atoms with van der Waals surface area (Å²) < 4.78 is 30.0. The Kier molecular flexibility index (Phi) is 5.37. The maximum absolute atomic E-state index is 12.4. The van der Waals surface area contributed by atoms with Crippen molar-refractivity contribution in [3.05, 3.63) is 47.7 Å². The van der Waals surface area contributed by atoms with E-state index in [9.17, 15) is 13.2 Å². The van der Waals surface area contributed by atoms with Crippen LogP contribution in [0.4, 0.5) is 0 Å². The van der Waals surface area contributed by atoms with Crippen LogP contribution in [0.25, 0.3) is 10.9 Å². The van der Waals surface area contributed by atoms with Gasteiger partial charge in [-0.3, -0.25) is 4.79 Å². The normalized spacial score (nSPS) is 16.3. The molecule has 1 amide bonds. The van der Waals surface area contributed by atoms with E-state index in [4.69, 9.17) is 4.52 Å². The van der Waals surface area contributed by atoms with Crippen LogP contribution in [-0.2, 0) is 16.4 Å². The number of piperidine rings is 1. The SMILES string of the molecule is CS(=O)(=O)N1CCC(c2noc(CCNC(=O)c3c[nH]c4ccccc34)n2)CC1. The quantitative estimate of drug-likeness (QED) is 0.629. The predicted molar refractivity (Wildman–Crippen MR) is 107 cm³/mol. The number of hydrogen-bond donors (Lipinski definition) is 2. The van der Waals surface area contributed by atoms with Crippen molar-refractivity contribution in [2.24, 2.45) is 0 Å². The molecule has 3 aromatic rings. The molecule has 2 aromatic heterocycles. The van der Waals surface area contributed by atoms with Crippen molar-refractivity contribution < 1.29 is 17.7 Å². The van der Waals surface area contributed by atoms with E-state index in [0.717, 1.165) is 10.9 Å². The molecule has 0 saturated carbocycles. The maximum atomic E-state index is 12.4. The molecule has 0 radical (unpaired) electrons. The zero-order valence-corrected chi connectivity index (χ0v) is 16.9. The highest BCUT2D eigenvalue weighted by atomic mass is 32.2. The number of para-hydroxylation sites is 1. The Labute approximate surface area is 168 Å². The molecule has 154 valence electrons. The van der Waals surface area contributed by atoms with Crippen LogP contribution in [0.5, 0.6) is 0 Å². The maximum Gasteiger partial charge on any atom is 0.253 e. The van der Waals surface area contributed by atoms with E-state index in [1.54, 1.807) is 6.20 Å². The van der Waals surface area contributed by atoms with Gasteiger partial charge >= 0.3 is 0 Å². The average Bonchev–Trinajstić information content (AvgIpc) is 3.34. The summed E-state index contributed by atoms with van der Waals surface area (Å²) in [6, 6.07) is 7.64. The van der Waals surface area contributed by atoms with Crippen LogP contribution in [0.15, 0.2) is 35.0 Å². The Bertz CT molecular complexity index is 1110. The molecule has 1 aliphatic rings. The van der Waals surface area contributed by atoms with Crippen molar-refractivity contribution >= 4 is 26.8 Å². The first kappa shape index (κ1) is 19.6. The minimum absolute atomic E-state index is 0.0892. The first-order chi connectivity index (χ1) is 13.9. The molecule has 0 spiro atoms. The van der Waals surface area contributed by atoms with E-state index in [0.29, 0.717) is 56.2 Å². The van der Waals surface area contributed by atoms with Gasteiger partial charge in [-0.2, -0.15) is 4.98 Å². The second kappa shape index (κ2) is 7.96. The Hall–Kier alpha value is -2.72. The predicted octanol–water partition coefficient (Wildman–Crippen LogP) is 1.66. The number of rotatable bonds is 6. The number of sulfonamides is 1. The molecule has 1 saturated heterocycles. The number of H-pyrrole nitrogens is 1. The zero-order valence-electron chi connectivity index (χ0n) is 16.1. The molecular formula is C19H23N5O4S. The lowest BCUT2D eigenvalue weighted by Crippen LogP contribution is -2.37. The van der Waals surface area contributed by atoms with E-state index >= 15 is 0 Å². The van der Waals surface area contributed by atoms with Gasteiger partial charge in [0.15, 0.2) is 5.82 Å². The molecule has 4 rings (SSSR count). The highest BCUT2D eigenvalue weighted by Crippen LogP contribution is 2.27. The fourth-order valence-electron chi connectivity index (χ4n) is 3.62. The fourth-order valence-corrected chi connectivity index (χ4v) is 4.49. The van der Waals surface area contributed by atoms with Crippen LogP contribution in [0.2, 0.25) is 0 Å². The lowest BCUT2D eigenvalue weighted by atomic mass is 9.97. The van der Waals surface area contributed by atoms with Crippen LogP contribution in [0.3, 0.4) is 0 Å². The summed E-state index contributed by atoms with van der Waals surface area (Å²) >= 11 is 0. The summed E-state index contributed by atoms with van der Waals surface area (Å²) in [5.74, 6) is 1.00. The molecule has 1 fully saturated rings. The molecule has 0 bridgehead atoms. The Morgan fingerprint density at radius 2 is 2.07 bits per heavy atom. The molecule has 9 nitrogen and oxygen atoms in total. The van der Waals surface area contributed by atoms with Crippen molar-refractivity contribution in [3.63, 3.8) is 0 Å². The number of hydrogen-bond acceptors (Lipinski definition) is 6. The number of aromatic amines is 1. The van der Waals surface area contributed by atoms with Gasteiger partial charge in [0.2, 0.25) is 15.9 Å². The van der Waals surface area contributed by atoms with Crippen molar-refractivity contribution in [1.82, 2.24) is 24.7 Å². The number of aromatic nitrogens is 3. The van der Waals surface area contributed by atoms with E-state index in [1.807, 2.05) is 24.3 Å². The van der Waals surface area contributed by atoms with Gasteiger partial charge in [0, 0.05) is 49.1 Å². The molecular weight excluding hydrogens is 394 g/mol. The summed E-state index contributed by atoms with van der Waals surface area (Å²) in [6.45, 7) is 1.31. The van der Waals surface area contributed by atoms with Crippen molar-refractivity contribution in [3.8, 4) is 0 Å². The van der Waals surface area contributed by atoms with E-state index < -0.39 is 10.0 Å². The van der Waals surface area contributed by atoms with E-state index in [1.165, 1.54) is 10.6 Å². The molecule has 10 heteroatoms.